The molecule has 1 fully saturated rings. The molecule has 1 aliphatic carbocycles. The van der Waals surface area contributed by atoms with Gasteiger partial charge in [-0.25, -0.2) is 9.18 Å². The van der Waals surface area contributed by atoms with Crippen molar-refractivity contribution in [2.75, 3.05) is 6.54 Å². The van der Waals surface area contributed by atoms with Crippen LogP contribution in [0.1, 0.15) is 46.1 Å². The molecule has 1 unspecified atom stereocenters. The summed E-state index contributed by atoms with van der Waals surface area (Å²) in [6.45, 7) is 7.62. The number of ether oxygens (including phenoxy) is 1. The van der Waals surface area contributed by atoms with Gasteiger partial charge in [-0.3, -0.25) is 4.79 Å². The molecule has 0 bridgehead atoms. The van der Waals surface area contributed by atoms with Crippen molar-refractivity contribution in [2.24, 2.45) is 5.92 Å². The average Bonchev–Trinajstić information content (AvgIpc) is 3.36. The van der Waals surface area contributed by atoms with Gasteiger partial charge in [0.25, 0.3) is 0 Å². The van der Waals surface area contributed by atoms with E-state index >= 15 is 0 Å². The molecule has 0 aliphatic heterocycles. The fourth-order valence-corrected chi connectivity index (χ4v) is 2.65. The number of alkyl carbamates (subject to hydrolysis) is 1. The number of amides is 2. The highest BCUT2D eigenvalue weighted by atomic mass is 19.1. The van der Waals surface area contributed by atoms with Gasteiger partial charge in [0.05, 0.1) is 5.54 Å². The van der Waals surface area contributed by atoms with E-state index in [0.29, 0.717) is 12.5 Å². The second-order valence-electron chi connectivity index (χ2n) is 7.92. The number of benzene rings is 1. The maximum atomic E-state index is 12.9. The van der Waals surface area contributed by atoms with E-state index in [-0.39, 0.29) is 11.7 Å². The minimum absolute atomic E-state index is 0.255. The number of nitrogens with one attached hydrogen (secondary N) is 2. The second-order valence-corrected chi connectivity index (χ2v) is 7.92. The smallest absolute Gasteiger partial charge is 0.407 e. The number of hydrogen-bond acceptors (Lipinski definition) is 3. The molecule has 2 N–H and O–H groups in total. The van der Waals surface area contributed by atoms with Gasteiger partial charge in [0, 0.05) is 12.6 Å². The van der Waals surface area contributed by atoms with E-state index in [1.165, 1.54) is 18.2 Å². The molecule has 1 atom stereocenters. The zero-order chi connectivity index (χ0) is 19.4. The fraction of sp³-hybridized carbons (Fsp3) is 0.500. The van der Waals surface area contributed by atoms with Crippen LogP contribution < -0.4 is 10.6 Å². The lowest BCUT2D eigenvalue weighted by molar-refractivity contribution is -0.118. The molecule has 0 spiro atoms. The first kappa shape index (κ1) is 19.9. The minimum atomic E-state index is -0.568. The molecule has 2 amide bonds. The van der Waals surface area contributed by atoms with Gasteiger partial charge in [0.15, 0.2) is 0 Å². The lowest BCUT2D eigenvalue weighted by atomic mass is 9.95. The van der Waals surface area contributed by atoms with Gasteiger partial charge < -0.3 is 15.4 Å². The van der Waals surface area contributed by atoms with E-state index in [1.54, 1.807) is 39.0 Å². The molecular formula is C20H27FN2O3. The molecule has 2 rings (SSSR count). The molecule has 0 aromatic heterocycles. The maximum absolute atomic E-state index is 12.9. The largest absolute Gasteiger partial charge is 0.444 e. The third-order valence-electron chi connectivity index (χ3n) is 4.18. The maximum Gasteiger partial charge on any atom is 0.407 e. The number of rotatable bonds is 6. The Hall–Kier alpha value is -2.37. The highest BCUT2D eigenvalue weighted by Gasteiger charge is 2.42. The summed E-state index contributed by atoms with van der Waals surface area (Å²) in [5.41, 5.74) is -0.371. The number of carbonyl (C=O) groups excluding carboxylic acids is 2. The summed E-state index contributed by atoms with van der Waals surface area (Å²) in [7, 11) is 0. The molecular weight excluding hydrogens is 335 g/mol. The van der Waals surface area contributed by atoms with E-state index in [0.717, 1.165) is 18.4 Å². The topological polar surface area (TPSA) is 67.4 Å². The zero-order valence-electron chi connectivity index (χ0n) is 15.8. The predicted molar refractivity (Wildman–Crippen MR) is 98.9 cm³/mol. The molecule has 26 heavy (non-hydrogen) atoms. The van der Waals surface area contributed by atoms with E-state index in [2.05, 4.69) is 10.6 Å². The first-order chi connectivity index (χ1) is 12.1. The van der Waals surface area contributed by atoms with Crippen LogP contribution >= 0.6 is 0 Å². The molecule has 1 saturated carbocycles. The Bertz CT molecular complexity index is 675. The van der Waals surface area contributed by atoms with Crippen LogP contribution in [0.15, 0.2) is 30.3 Å². The highest BCUT2D eigenvalue weighted by molar-refractivity contribution is 5.92. The summed E-state index contributed by atoms with van der Waals surface area (Å²) < 4.78 is 18.2. The third-order valence-corrected chi connectivity index (χ3v) is 4.18. The monoisotopic (exact) mass is 362 g/mol. The molecule has 6 heteroatoms. The van der Waals surface area contributed by atoms with E-state index in [4.69, 9.17) is 4.74 Å². The SMILES string of the molecule is CC(C)(C)OC(=O)NCC(C)(NC(=O)/C=C/c1ccc(F)cc1)C1CC1. The molecule has 1 aromatic carbocycles. The van der Waals surface area contributed by atoms with Crippen LogP contribution in [0.2, 0.25) is 0 Å². The van der Waals surface area contributed by atoms with Gasteiger partial charge in [-0.05, 0) is 70.2 Å². The van der Waals surface area contributed by atoms with Gasteiger partial charge in [0.2, 0.25) is 5.91 Å². The van der Waals surface area contributed by atoms with Gasteiger partial charge in [0.1, 0.15) is 11.4 Å². The first-order valence-corrected chi connectivity index (χ1v) is 8.80. The summed E-state index contributed by atoms with van der Waals surface area (Å²) in [6.07, 6.45) is 4.56. The molecule has 0 saturated heterocycles. The quantitative estimate of drug-likeness (QED) is 0.759. The predicted octanol–water partition coefficient (Wildman–Crippen LogP) is 3.65. The Balaban J connectivity index is 1.92. The van der Waals surface area contributed by atoms with E-state index < -0.39 is 17.2 Å². The van der Waals surface area contributed by atoms with Crippen LogP contribution in [0, 0.1) is 11.7 Å². The summed E-state index contributed by atoms with van der Waals surface area (Å²) in [6, 6.07) is 5.89. The van der Waals surface area contributed by atoms with Crippen molar-refractivity contribution in [3.05, 3.63) is 41.7 Å². The Morgan fingerprint density at radius 3 is 2.35 bits per heavy atom. The van der Waals surface area contributed by atoms with Crippen LogP contribution in [-0.2, 0) is 9.53 Å². The Labute approximate surface area is 154 Å². The van der Waals surface area contributed by atoms with E-state index in [1.807, 2.05) is 6.92 Å². The summed E-state index contributed by atoms with van der Waals surface area (Å²) in [4.78, 5) is 24.2. The summed E-state index contributed by atoms with van der Waals surface area (Å²) >= 11 is 0. The van der Waals surface area contributed by atoms with Gasteiger partial charge >= 0.3 is 6.09 Å². The van der Waals surface area contributed by atoms with Crippen molar-refractivity contribution >= 4 is 18.1 Å². The lowest BCUT2D eigenvalue weighted by Crippen LogP contribution is -2.55. The van der Waals surface area contributed by atoms with Crippen LogP contribution in [0.25, 0.3) is 6.08 Å². The molecule has 5 nitrogen and oxygen atoms in total. The second kappa shape index (κ2) is 7.89. The van der Waals surface area contributed by atoms with Crippen molar-refractivity contribution in [1.82, 2.24) is 10.6 Å². The van der Waals surface area contributed by atoms with Gasteiger partial charge in [-0.15, -0.1) is 0 Å². The Morgan fingerprint density at radius 2 is 1.81 bits per heavy atom. The Morgan fingerprint density at radius 1 is 1.19 bits per heavy atom. The summed E-state index contributed by atoms with van der Waals surface area (Å²) in [5, 5.41) is 5.73. The number of halogens is 1. The van der Waals surface area contributed by atoms with Crippen molar-refractivity contribution in [1.29, 1.82) is 0 Å². The van der Waals surface area contributed by atoms with Gasteiger partial charge in [-0.1, -0.05) is 12.1 Å². The van der Waals surface area contributed by atoms with Crippen molar-refractivity contribution in [3.63, 3.8) is 0 Å². The fourth-order valence-electron chi connectivity index (χ4n) is 2.65. The zero-order valence-corrected chi connectivity index (χ0v) is 15.8. The Kier molecular flexibility index (Phi) is 6.05. The van der Waals surface area contributed by atoms with Crippen LogP contribution in [0.4, 0.5) is 9.18 Å². The van der Waals surface area contributed by atoms with Crippen molar-refractivity contribution < 1.29 is 18.7 Å². The third kappa shape index (κ3) is 6.50. The lowest BCUT2D eigenvalue weighted by Gasteiger charge is -2.31. The summed E-state index contributed by atoms with van der Waals surface area (Å²) in [5.74, 6) is -0.253. The molecule has 142 valence electrons. The molecule has 0 radical (unpaired) electrons. The first-order valence-electron chi connectivity index (χ1n) is 8.80. The van der Waals surface area contributed by atoms with Crippen LogP contribution in [-0.4, -0.2) is 29.7 Å². The molecule has 0 heterocycles. The highest BCUT2D eigenvalue weighted by Crippen LogP contribution is 2.39. The van der Waals surface area contributed by atoms with Crippen LogP contribution in [0.3, 0.4) is 0 Å². The number of hydrogen-bond donors (Lipinski definition) is 2. The number of carbonyl (C=O) groups is 2. The minimum Gasteiger partial charge on any atom is -0.444 e. The van der Waals surface area contributed by atoms with Crippen LogP contribution in [0.5, 0.6) is 0 Å². The normalized spacial score (nSPS) is 16.8. The molecule has 1 aromatic rings. The molecule has 1 aliphatic rings. The van der Waals surface area contributed by atoms with Gasteiger partial charge in [-0.2, -0.15) is 0 Å². The van der Waals surface area contributed by atoms with Crippen molar-refractivity contribution in [2.45, 2.75) is 51.7 Å². The average molecular weight is 362 g/mol. The standard InChI is InChI=1S/C20H27FN2O3/c1-19(2,3)26-18(25)22-13-20(4,15-8-9-15)23-17(24)12-7-14-5-10-16(21)11-6-14/h5-7,10-12,15H,8-9,13H2,1-4H3,(H,22,25)(H,23,24)/b12-7+. The van der Waals surface area contributed by atoms with E-state index in [9.17, 15) is 14.0 Å². The van der Waals surface area contributed by atoms with Crippen molar-refractivity contribution in [3.8, 4) is 0 Å².